The van der Waals surface area contributed by atoms with Gasteiger partial charge in [0.25, 0.3) is 23.8 Å². The number of hydrogen-bond donors (Lipinski definition) is 4. The van der Waals surface area contributed by atoms with Gasteiger partial charge in [-0.25, -0.2) is 5.01 Å². The van der Waals surface area contributed by atoms with Crippen LogP contribution in [0.2, 0.25) is 0 Å². The predicted octanol–water partition coefficient (Wildman–Crippen LogP) is -5.29. The van der Waals surface area contributed by atoms with Crippen LogP contribution in [0.15, 0.2) is 15.3 Å². The number of hydrogen-bond acceptors (Lipinski definition) is 24. The van der Waals surface area contributed by atoms with Crippen LogP contribution < -0.4 is 21.3 Å². The lowest BCUT2D eigenvalue weighted by atomic mass is 10.4. The van der Waals surface area contributed by atoms with Gasteiger partial charge >= 0.3 is 11.9 Å². The second-order valence-electron chi connectivity index (χ2n) is 9.61. The summed E-state index contributed by atoms with van der Waals surface area (Å²) in [5, 5.41) is 75.3. The highest BCUT2D eigenvalue weighted by molar-refractivity contribution is 5.95. The Balaban J connectivity index is 1.00. The molecule has 7 rings (SSSR count). The van der Waals surface area contributed by atoms with E-state index in [0.29, 0.717) is 29.1 Å². The molecule has 7 aromatic rings. The normalized spacial score (nSPS) is 12.0. The standard InChI is InChI=1S/C19H22N31/c1-7(22-2)12-26-13(20)47(40-12)18-36-30-11(31-37-18)6-9-25-16(35-29-9)49-43-44-50(45-49)17-27-14(21)48(41-17)19-38-32-10(33-39-19)5-8-24-15(34-28-8)46(4)42-23-3/h5-6H2,1-4H3,(H2,20,26,40)(H2,21,27,41)(H,24,28,34)(H,25,29,35)/q+1. The van der Waals surface area contributed by atoms with Crippen LogP contribution in [0.25, 0.3) is 23.8 Å². The van der Waals surface area contributed by atoms with E-state index in [1.807, 2.05) is 0 Å². The molecule has 0 saturated carbocycles. The van der Waals surface area contributed by atoms with Crippen molar-refractivity contribution in [3.63, 3.8) is 0 Å². The predicted molar refractivity (Wildman–Crippen MR) is 157 cm³/mol. The third-order valence-electron chi connectivity index (χ3n) is 6.25. The van der Waals surface area contributed by atoms with Crippen molar-refractivity contribution in [2.75, 3.05) is 37.6 Å². The Morgan fingerprint density at radius 1 is 0.780 bits per heavy atom. The van der Waals surface area contributed by atoms with Crippen molar-refractivity contribution >= 4 is 23.6 Å². The molecule has 0 saturated heterocycles. The number of aromatic amines is 2. The number of H-pyrrole nitrogens is 2. The lowest BCUT2D eigenvalue weighted by Gasteiger charge is -2.02. The molecule has 7 aromatic heterocycles. The molecule has 0 unspecified atom stereocenters. The number of aromatic nitrogens is 25. The molecule has 0 aliphatic heterocycles. The molecule has 7 heterocycles. The third kappa shape index (κ3) is 6.12. The maximum absolute atomic E-state index is 6.03. The minimum Gasteiger partial charge on any atom is -0.368 e. The van der Waals surface area contributed by atoms with Crippen molar-refractivity contribution in [2.45, 2.75) is 19.8 Å². The maximum atomic E-state index is 6.03. The first-order valence-corrected chi connectivity index (χ1v) is 13.9. The molecular weight excluding hydrogens is 662 g/mol. The van der Waals surface area contributed by atoms with E-state index in [2.05, 4.69) is 122 Å². The molecule has 6 N–H and O–H groups in total. The molecule has 0 fully saturated rings. The number of nitrogen functional groups attached to an aromatic ring is 2. The highest BCUT2D eigenvalue weighted by Crippen LogP contribution is 2.10. The van der Waals surface area contributed by atoms with Crippen LogP contribution >= 0.6 is 0 Å². The van der Waals surface area contributed by atoms with Crippen LogP contribution in [0.1, 0.15) is 36.0 Å². The Hall–Kier alpha value is -7.89. The highest BCUT2D eigenvalue weighted by Gasteiger charge is 2.25. The van der Waals surface area contributed by atoms with E-state index in [-0.39, 0.29) is 60.2 Å². The van der Waals surface area contributed by atoms with E-state index in [4.69, 9.17) is 11.5 Å². The fraction of sp³-hybridized carbons (Fsp3) is 0.316. The zero-order valence-corrected chi connectivity index (χ0v) is 26.1. The second kappa shape index (κ2) is 12.7. The van der Waals surface area contributed by atoms with Crippen molar-refractivity contribution in [1.82, 2.24) is 121 Å². The Morgan fingerprint density at radius 3 is 2.06 bits per heavy atom. The second-order valence-corrected chi connectivity index (χ2v) is 9.61. The molecule has 50 heavy (non-hydrogen) atoms. The van der Waals surface area contributed by atoms with Gasteiger partial charge in [-0.2, -0.15) is 24.7 Å². The number of nitrogens with zero attached hydrogens (tertiary/aromatic N) is 27. The van der Waals surface area contributed by atoms with E-state index in [1.165, 1.54) is 16.7 Å². The third-order valence-corrected chi connectivity index (χ3v) is 6.25. The van der Waals surface area contributed by atoms with E-state index in [9.17, 15) is 0 Å². The van der Waals surface area contributed by atoms with Crippen LogP contribution in [0, 0.1) is 0 Å². The SMILES string of the molecule is CN=NN(C)c1n[nH]c(Cc2nnc(-n3nc(-[n+]4nnn(-c5n[nH]c(Cc6nnc(-n7nc(C(C)=NC)nc7N)nn6)n5)n4)nc3N)nn2)n1. The van der Waals surface area contributed by atoms with Crippen LogP contribution in [-0.4, -0.2) is 148 Å². The Labute approximate surface area is 275 Å². The minimum atomic E-state index is -0.0986. The lowest BCUT2D eigenvalue weighted by Crippen LogP contribution is -2.38. The van der Waals surface area contributed by atoms with Gasteiger partial charge in [-0.15, -0.1) is 60.8 Å². The fourth-order valence-corrected chi connectivity index (χ4v) is 3.86. The van der Waals surface area contributed by atoms with Gasteiger partial charge in [0.1, 0.15) is 16.9 Å². The molecule has 0 bridgehead atoms. The molecule has 0 amide bonds. The van der Waals surface area contributed by atoms with E-state index in [0.717, 1.165) is 14.3 Å². The first-order valence-electron chi connectivity index (χ1n) is 13.9. The molecular formula is C19H22N31+. The Bertz CT molecular complexity index is 2300. The fourth-order valence-electron chi connectivity index (χ4n) is 3.86. The van der Waals surface area contributed by atoms with E-state index >= 15 is 0 Å². The van der Waals surface area contributed by atoms with Gasteiger partial charge in [-0.3, -0.25) is 15.2 Å². The molecule has 0 aromatic carbocycles. The molecule has 0 atom stereocenters. The quantitative estimate of drug-likeness (QED) is 0.0427. The smallest absolute Gasteiger partial charge is 0.368 e. The molecule has 31 heteroatoms. The summed E-state index contributed by atoms with van der Waals surface area (Å²) in [6.07, 6.45) is 0.255. The van der Waals surface area contributed by atoms with Crippen LogP contribution in [0.4, 0.5) is 17.8 Å². The number of nitrogens with one attached hydrogen (secondary N) is 2. The summed E-state index contributed by atoms with van der Waals surface area (Å²) < 4.78 is 2.30. The summed E-state index contributed by atoms with van der Waals surface area (Å²) in [5.74, 6) is 1.82. The van der Waals surface area contributed by atoms with Crippen molar-refractivity contribution < 1.29 is 4.80 Å². The molecule has 0 aliphatic rings. The molecule has 0 aliphatic carbocycles. The zero-order valence-electron chi connectivity index (χ0n) is 26.1. The van der Waals surface area contributed by atoms with Crippen LogP contribution in [0.3, 0.4) is 0 Å². The maximum Gasteiger partial charge on any atom is 0.421 e. The summed E-state index contributed by atoms with van der Waals surface area (Å²) in [5.41, 5.74) is 12.5. The number of nitrogens with two attached hydrogens (primary N) is 2. The highest BCUT2D eigenvalue weighted by atomic mass is 15.8. The average Bonchev–Trinajstić information content (AvgIpc) is 3.97. The molecule has 252 valence electrons. The number of anilines is 3. The van der Waals surface area contributed by atoms with Crippen molar-refractivity contribution in [1.29, 1.82) is 0 Å². The van der Waals surface area contributed by atoms with Crippen molar-refractivity contribution in [2.24, 2.45) is 15.3 Å². The van der Waals surface area contributed by atoms with Gasteiger partial charge in [-0.05, 0) is 12.0 Å². The topological polar surface area (TPSA) is 388 Å². The van der Waals surface area contributed by atoms with Gasteiger partial charge in [0, 0.05) is 23.7 Å². The molecule has 0 radical (unpaired) electrons. The minimum absolute atomic E-state index is 0.0262. The monoisotopic (exact) mass is 684 g/mol. The van der Waals surface area contributed by atoms with Crippen molar-refractivity contribution in [3.05, 3.63) is 29.1 Å². The average molecular weight is 685 g/mol. The van der Waals surface area contributed by atoms with E-state index < -0.39 is 0 Å². The van der Waals surface area contributed by atoms with Gasteiger partial charge in [-0.1, -0.05) is 10.2 Å². The van der Waals surface area contributed by atoms with E-state index in [1.54, 1.807) is 21.0 Å². The lowest BCUT2D eigenvalue weighted by molar-refractivity contribution is -0.726. The number of aliphatic imine (C=N–C) groups is 1. The number of rotatable bonds is 11. The summed E-state index contributed by atoms with van der Waals surface area (Å²) in [6.45, 7) is 1.74. The molecule has 31 nitrogen and oxygen atoms in total. The van der Waals surface area contributed by atoms with Crippen LogP contribution in [0.5, 0.6) is 0 Å². The molecule has 0 spiro atoms. The first-order chi connectivity index (χ1) is 24.3. The summed E-state index contributed by atoms with van der Waals surface area (Å²) >= 11 is 0. The summed E-state index contributed by atoms with van der Waals surface area (Å²) in [7, 11) is 4.80. The first kappa shape index (κ1) is 30.7. The van der Waals surface area contributed by atoms with Crippen molar-refractivity contribution in [3.8, 4) is 23.8 Å². The Kier molecular flexibility index (Phi) is 7.82. The van der Waals surface area contributed by atoms with Gasteiger partial charge in [0.2, 0.25) is 5.95 Å². The van der Waals surface area contributed by atoms with Gasteiger partial charge in [0.15, 0.2) is 17.5 Å². The zero-order chi connectivity index (χ0) is 34.8. The van der Waals surface area contributed by atoms with Gasteiger partial charge < -0.3 is 11.5 Å². The summed E-state index contributed by atoms with van der Waals surface area (Å²) in [6, 6.07) is 0. The van der Waals surface area contributed by atoms with Crippen LogP contribution in [-0.2, 0) is 12.8 Å². The Morgan fingerprint density at radius 2 is 1.40 bits per heavy atom. The largest absolute Gasteiger partial charge is 0.421 e. The van der Waals surface area contributed by atoms with Gasteiger partial charge in [0.05, 0.1) is 36.0 Å². The summed E-state index contributed by atoms with van der Waals surface area (Å²) in [4.78, 5) is 22.9.